The predicted octanol–water partition coefficient (Wildman–Crippen LogP) is 2.60. The Bertz CT molecular complexity index is 22.4. The van der Waals surface area contributed by atoms with E-state index < -0.39 is 10.4 Å². The predicted molar refractivity (Wildman–Crippen MR) is 16.8 cm³/mol. The van der Waals surface area contributed by atoms with Crippen molar-refractivity contribution in [3.05, 3.63) is 0 Å². The maximum Gasteiger partial charge on any atom is 0.295 e. The fourth-order valence-electron chi connectivity index (χ4n) is 0. The lowest BCUT2D eigenvalue weighted by atomic mass is 18.8. The standard InChI is InChI=1S/ClF3S/c1-5(2,3)4. The molecule has 0 aromatic heterocycles. The molecule has 0 amide bonds. The Labute approximate surface area is 33.6 Å². The van der Waals surface area contributed by atoms with Crippen LogP contribution in [0, 0.1) is 0 Å². The largest absolute Gasteiger partial charge is 0.295 e. The zero-order valence-electron chi connectivity index (χ0n) is 1.92. The van der Waals surface area contributed by atoms with Crippen molar-refractivity contribution >= 4 is 21.1 Å². The smallest absolute Gasteiger partial charge is 0.109 e. The first-order chi connectivity index (χ1) is 2.00. The minimum absolute atomic E-state index is 3.61. The minimum atomic E-state index is -5.19. The summed E-state index contributed by atoms with van der Waals surface area (Å²) in [4.78, 5) is 0. The Hall–Kier alpha value is 0.430. The van der Waals surface area contributed by atoms with Crippen molar-refractivity contribution in [3.63, 3.8) is 0 Å². The van der Waals surface area contributed by atoms with Gasteiger partial charge in [-0.05, 0) is 0 Å². The first-order valence-corrected chi connectivity index (χ1v) is 2.78. The maximum absolute atomic E-state index is 10.2. The Morgan fingerprint density at radius 3 is 1.20 bits per heavy atom. The van der Waals surface area contributed by atoms with Gasteiger partial charge in [0.25, 0.3) is 10.4 Å². The lowest BCUT2D eigenvalue weighted by molar-refractivity contribution is 0.665. The Kier molecular flexibility index (Phi) is 1.37. The second-order valence-electron chi connectivity index (χ2n) is 0.350. The summed E-state index contributed by atoms with van der Waals surface area (Å²) in [7, 11) is -1.58. The van der Waals surface area contributed by atoms with Crippen LogP contribution in [0.2, 0.25) is 0 Å². The molecule has 0 bridgehead atoms. The first-order valence-electron chi connectivity index (χ1n) is 0.617. The average molecular weight is 125 g/mol. The van der Waals surface area contributed by atoms with Crippen LogP contribution in [0.1, 0.15) is 0 Å². The van der Waals surface area contributed by atoms with Crippen LogP contribution in [0.3, 0.4) is 0 Å². The highest BCUT2D eigenvalue weighted by atomic mass is 35.7. The summed E-state index contributed by atoms with van der Waals surface area (Å²) >= 11 is 0. The van der Waals surface area contributed by atoms with Crippen molar-refractivity contribution in [3.8, 4) is 0 Å². The molecule has 0 aliphatic heterocycles. The second kappa shape index (κ2) is 1.26. The van der Waals surface area contributed by atoms with Crippen LogP contribution in [-0.4, -0.2) is 0 Å². The van der Waals surface area contributed by atoms with Gasteiger partial charge in [0.1, 0.15) is 0 Å². The van der Waals surface area contributed by atoms with Gasteiger partial charge in [-0.2, -0.15) is 0 Å². The molecule has 34 valence electrons. The molecule has 0 aromatic rings. The molecule has 5 heavy (non-hydrogen) atoms. The molecule has 0 heterocycles. The molecule has 0 aromatic carbocycles. The van der Waals surface area contributed by atoms with Crippen molar-refractivity contribution in [2.75, 3.05) is 0 Å². The fraction of sp³-hybridized carbons (Fsp3) is 0. The van der Waals surface area contributed by atoms with E-state index in [0.29, 0.717) is 0 Å². The van der Waals surface area contributed by atoms with Gasteiger partial charge in [0.05, 0.1) is 0 Å². The van der Waals surface area contributed by atoms with Crippen LogP contribution < -0.4 is 0 Å². The summed E-state index contributed by atoms with van der Waals surface area (Å²) in [6.45, 7) is 0. The monoisotopic (exact) mass is 124 g/mol. The Balaban J connectivity index is 3.02. The summed E-state index contributed by atoms with van der Waals surface area (Å²) in [6.07, 6.45) is 0. The van der Waals surface area contributed by atoms with E-state index in [1.165, 1.54) is 0 Å². The summed E-state index contributed by atoms with van der Waals surface area (Å²) in [5, 5.41) is 0. The van der Waals surface area contributed by atoms with Gasteiger partial charge in [-0.25, -0.2) is 0 Å². The minimum Gasteiger partial charge on any atom is -0.109 e. The number of hydrogen-bond donors (Lipinski definition) is 0. The van der Waals surface area contributed by atoms with E-state index in [1.807, 2.05) is 0 Å². The van der Waals surface area contributed by atoms with Crippen molar-refractivity contribution in [1.29, 1.82) is 0 Å². The molecule has 0 radical (unpaired) electrons. The van der Waals surface area contributed by atoms with Gasteiger partial charge in [-0.1, -0.05) is 0 Å². The topological polar surface area (TPSA) is 0 Å². The lowest BCUT2D eigenvalue weighted by Gasteiger charge is -1.90. The van der Waals surface area contributed by atoms with E-state index in [9.17, 15) is 11.7 Å². The molecule has 0 saturated heterocycles. The van der Waals surface area contributed by atoms with E-state index in [2.05, 4.69) is 10.7 Å². The summed E-state index contributed by atoms with van der Waals surface area (Å²) in [6, 6.07) is 0. The van der Waals surface area contributed by atoms with Crippen molar-refractivity contribution < 1.29 is 11.7 Å². The molecule has 5 heteroatoms. The van der Waals surface area contributed by atoms with Gasteiger partial charge in [-0.15, -0.1) is 11.7 Å². The highest BCUT2D eigenvalue weighted by Gasteiger charge is 2.12. The summed E-state index contributed by atoms with van der Waals surface area (Å²) < 4.78 is 30.6. The summed E-state index contributed by atoms with van der Waals surface area (Å²) in [5.74, 6) is 0. The van der Waals surface area contributed by atoms with Crippen LogP contribution >= 0.6 is 21.1 Å². The second-order valence-corrected chi connectivity index (χ2v) is 2.10. The normalized spacial score (nSPS) is 15.2. The highest BCUT2D eigenvalue weighted by molar-refractivity contribution is 8.40. The van der Waals surface area contributed by atoms with Crippen molar-refractivity contribution in [1.82, 2.24) is 0 Å². The third kappa shape index (κ3) is 141. The van der Waals surface area contributed by atoms with Crippen LogP contribution in [0.5, 0.6) is 0 Å². The van der Waals surface area contributed by atoms with Crippen LogP contribution in [0.4, 0.5) is 11.7 Å². The van der Waals surface area contributed by atoms with Gasteiger partial charge in [0, 0.05) is 10.7 Å². The molecular weight excluding hydrogens is 125 g/mol. The average Bonchev–Trinajstić information content (AvgIpc) is 0.722. The van der Waals surface area contributed by atoms with Gasteiger partial charge < -0.3 is 0 Å². The van der Waals surface area contributed by atoms with E-state index in [4.69, 9.17) is 0 Å². The summed E-state index contributed by atoms with van der Waals surface area (Å²) in [5.41, 5.74) is 0. The van der Waals surface area contributed by atoms with Crippen LogP contribution in [-0.2, 0) is 0 Å². The van der Waals surface area contributed by atoms with Gasteiger partial charge in [-0.3, -0.25) is 0 Å². The van der Waals surface area contributed by atoms with Crippen LogP contribution in [0.25, 0.3) is 0 Å². The fourth-order valence-corrected chi connectivity index (χ4v) is 0. The third-order valence-corrected chi connectivity index (χ3v) is 0. The molecule has 0 fully saturated rings. The molecule has 0 nitrogen and oxygen atoms in total. The number of hydrogen-bond acceptors (Lipinski definition) is 0. The van der Waals surface area contributed by atoms with Gasteiger partial charge >= 0.3 is 0 Å². The molecule has 0 spiro atoms. The SMILES string of the molecule is FS(F)(F)Cl. The zero-order chi connectivity index (χ0) is 4.50. The molecular formula is ClF3S. The third-order valence-electron chi connectivity index (χ3n) is 0. The van der Waals surface area contributed by atoms with Crippen LogP contribution in [0.15, 0.2) is 0 Å². The molecule has 0 saturated carbocycles. The van der Waals surface area contributed by atoms with E-state index >= 15 is 0 Å². The van der Waals surface area contributed by atoms with E-state index in [0.717, 1.165) is 0 Å². The van der Waals surface area contributed by atoms with Gasteiger partial charge in [0.15, 0.2) is 0 Å². The molecule has 0 rings (SSSR count). The molecule has 0 N–H and O–H groups in total. The Morgan fingerprint density at radius 2 is 1.20 bits per heavy atom. The first kappa shape index (κ1) is 5.43. The number of rotatable bonds is 0. The maximum atomic E-state index is 10.2. The highest BCUT2D eigenvalue weighted by Crippen LogP contribution is 2.57. The zero-order valence-corrected chi connectivity index (χ0v) is 3.49. The van der Waals surface area contributed by atoms with Crippen molar-refractivity contribution in [2.24, 2.45) is 0 Å². The quantitative estimate of drug-likeness (QED) is 0.466. The van der Waals surface area contributed by atoms with Gasteiger partial charge in [0.2, 0.25) is 0 Å². The van der Waals surface area contributed by atoms with Crippen molar-refractivity contribution in [2.45, 2.75) is 0 Å². The number of halogens is 4. The molecule has 0 atom stereocenters. The van der Waals surface area contributed by atoms with E-state index in [-0.39, 0.29) is 0 Å². The Morgan fingerprint density at radius 1 is 1.20 bits per heavy atom. The molecule has 0 aliphatic carbocycles. The lowest BCUT2D eigenvalue weighted by Crippen LogP contribution is -1.44. The molecule has 0 unspecified atom stereocenters. The molecule has 0 aliphatic rings. The van der Waals surface area contributed by atoms with E-state index in [1.54, 1.807) is 0 Å².